The van der Waals surface area contributed by atoms with Gasteiger partial charge in [0.05, 0.1) is 5.92 Å². The van der Waals surface area contributed by atoms with Gasteiger partial charge in [0.2, 0.25) is 10.0 Å². The lowest BCUT2D eigenvalue weighted by Crippen LogP contribution is -2.43. The minimum Gasteiger partial charge on any atom is -0.359 e. The molecule has 8 nitrogen and oxygen atoms in total. The Bertz CT molecular complexity index is 760. The second kappa shape index (κ2) is 7.06. The third-order valence-corrected chi connectivity index (χ3v) is 6.46. The molecule has 0 aliphatic carbocycles. The summed E-state index contributed by atoms with van der Waals surface area (Å²) < 4.78 is 70.1. The predicted octanol–water partition coefficient (Wildman–Crippen LogP) is 2.08. The fraction of sp³-hybridized carbons (Fsp3) is 0.714. The molecule has 0 spiro atoms. The third-order valence-electron chi connectivity index (χ3n) is 4.20. The summed E-state index contributed by atoms with van der Waals surface area (Å²) in [4.78, 5) is 13.1. The molecule has 12 heteroatoms. The number of hydrogen-bond acceptors (Lipinski definition) is 5. The molecule has 0 aromatic carbocycles. The molecule has 1 aromatic rings. The molecule has 1 aliphatic rings. The van der Waals surface area contributed by atoms with Gasteiger partial charge >= 0.3 is 12.2 Å². The smallest absolute Gasteiger partial charge is 0.359 e. The van der Waals surface area contributed by atoms with Crippen molar-refractivity contribution in [1.82, 2.24) is 14.4 Å². The van der Waals surface area contributed by atoms with E-state index in [1.54, 1.807) is 0 Å². The van der Waals surface area contributed by atoms with E-state index in [4.69, 9.17) is 4.52 Å². The Morgan fingerprint density at radius 2 is 2.00 bits per heavy atom. The van der Waals surface area contributed by atoms with E-state index in [0.717, 1.165) is 23.3 Å². The second-order valence-corrected chi connectivity index (χ2v) is 8.98. The van der Waals surface area contributed by atoms with Gasteiger partial charge in [-0.15, -0.1) is 0 Å². The van der Waals surface area contributed by atoms with E-state index < -0.39 is 46.5 Å². The van der Waals surface area contributed by atoms with Gasteiger partial charge in [0.15, 0.2) is 5.82 Å². The summed E-state index contributed by atoms with van der Waals surface area (Å²) in [7, 11) is -1.88. The van der Waals surface area contributed by atoms with Crippen LogP contribution in [0.4, 0.5) is 23.8 Å². The van der Waals surface area contributed by atoms with Crippen molar-refractivity contribution in [2.75, 3.05) is 32.5 Å². The summed E-state index contributed by atoms with van der Waals surface area (Å²) in [6.07, 6.45) is -4.75. The first-order valence-electron chi connectivity index (χ1n) is 7.84. The summed E-state index contributed by atoms with van der Waals surface area (Å²) >= 11 is 0. The normalized spacial score (nSPS) is 21.7. The van der Waals surface area contributed by atoms with Crippen molar-refractivity contribution < 1.29 is 30.9 Å². The molecule has 0 saturated carbocycles. The largest absolute Gasteiger partial charge is 0.394 e. The first-order valence-corrected chi connectivity index (χ1v) is 9.35. The average Bonchev–Trinajstić information content (AvgIpc) is 3.13. The zero-order valence-electron chi connectivity index (χ0n) is 14.7. The van der Waals surface area contributed by atoms with Gasteiger partial charge in [0.25, 0.3) is 0 Å². The lowest BCUT2D eigenvalue weighted by molar-refractivity contribution is -0.169. The van der Waals surface area contributed by atoms with Crippen LogP contribution in [0, 0.1) is 5.92 Å². The topological polar surface area (TPSA) is 95.8 Å². The van der Waals surface area contributed by atoms with E-state index in [2.05, 4.69) is 10.5 Å². The second-order valence-electron chi connectivity index (χ2n) is 6.62. The van der Waals surface area contributed by atoms with E-state index in [0.29, 0.717) is 5.76 Å². The zero-order chi connectivity index (χ0) is 19.9. The zero-order valence-corrected chi connectivity index (χ0v) is 15.6. The van der Waals surface area contributed by atoms with Gasteiger partial charge in [-0.3, -0.25) is 5.32 Å². The van der Waals surface area contributed by atoms with E-state index >= 15 is 0 Å². The molecule has 1 fully saturated rings. The van der Waals surface area contributed by atoms with Crippen molar-refractivity contribution in [3.8, 4) is 0 Å². The number of amides is 2. The van der Waals surface area contributed by atoms with Crippen LogP contribution in [0.2, 0.25) is 0 Å². The highest BCUT2D eigenvalue weighted by Gasteiger charge is 2.56. The first-order chi connectivity index (χ1) is 11.8. The summed E-state index contributed by atoms with van der Waals surface area (Å²) in [5, 5.41) is 4.21. The Balaban J connectivity index is 2.18. The lowest BCUT2D eigenvalue weighted by atomic mass is 10.1. The molecule has 0 bridgehead atoms. The van der Waals surface area contributed by atoms with E-state index in [9.17, 15) is 26.4 Å². The number of urea groups is 1. The van der Waals surface area contributed by atoms with Crippen LogP contribution in [0.5, 0.6) is 0 Å². The van der Waals surface area contributed by atoms with Crippen molar-refractivity contribution in [2.24, 2.45) is 5.92 Å². The van der Waals surface area contributed by atoms with Crippen molar-refractivity contribution in [2.45, 2.75) is 31.2 Å². The number of likely N-dealkylation sites (tertiary alicyclic amines) is 1. The Morgan fingerprint density at radius 1 is 1.38 bits per heavy atom. The minimum absolute atomic E-state index is 0.0177. The maximum atomic E-state index is 13.3. The Labute approximate surface area is 149 Å². The van der Waals surface area contributed by atoms with Crippen LogP contribution in [-0.4, -0.2) is 67.4 Å². The fourth-order valence-corrected chi connectivity index (χ4v) is 4.20. The maximum Gasteiger partial charge on any atom is 0.394 e. The highest BCUT2D eigenvalue weighted by atomic mass is 32.2. The van der Waals surface area contributed by atoms with Gasteiger partial charge in [0.1, 0.15) is 11.0 Å². The molecular weight excluding hydrogens is 377 g/mol. The molecular formula is C14H21F3N4O4S. The van der Waals surface area contributed by atoms with Crippen molar-refractivity contribution >= 4 is 21.9 Å². The molecule has 1 saturated heterocycles. The quantitative estimate of drug-likeness (QED) is 0.838. The number of carbonyl (C=O) groups excluding carboxylic acids is 1. The van der Waals surface area contributed by atoms with Gasteiger partial charge in [-0.25, -0.2) is 17.5 Å². The molecule has 1 aromatic heterocycles. The van der Waals surface area contributed by atoms with Crippen molar-refractivity contribution in [3.05, 3.63) is 11.8 Å². The third kappa shape index (κ3) is 4.11. The summed E-state index contributed by atoms with van der Waals surface area (Å²) in [5.74, 6) is -1.59. The van der Waals surface area contributed by atoms with Gasteiger partial charge in [-0.05, 0) is 0 Å². The van der Waals surface area contributed by atoms with E-state index in [-0.39, 0.29) is 11.7 Å². The standard InChI is InChI=1S/C14H21F3N4O4S/c1-8(2)10-5-12(19-25-10)18-13(22)21-6-9(14(15,16)17)11(7-21)26(23,24)20(3)4/h5,8-9,11H,6-7H2,1-4H3,(H,18,19,22)/t9-,11-/m1/s1. The summed E-state index contributed by atoms with van der Waals surface area (Å²) in [5.41, 5.74) is 0. The first kappa shape index (κ1) is 20.5. The van der Waals surface area contributed by atoms with Crippen LogP contribution in [0.3, 0.4) is 0 Å². The van der Waals surface area contributed by atoms with Crippen molar-refractivity contribution in [3.63, 3.8) is 0 Å². The number of carbonyl (C=O) groups is 1. The molecule has 2 atom stereocenters. The molecule has 2 heterocycles. The Morgan fingerprint density at radius 3 is 2.46 bits per heavy atom. The number of hydrogen-bond donors (Lipinski definition) is 1. The molecule has 1 N–H and O–H groups in total. The fourth-order valence-electron chi connectivity index (χ4n) is 2.64. The Kier molecular flexibility index (Phi) is 5.57. The van der Waals surface area contributed by atoms with Crippen LogP contribution in [0.25, 0.3) is 0 Å². The molecule has 1 aliphatic heterocycles. The number of alkyl halides is 3. The summed E-state index contributed by atoms with van der Waals surface area (Å²) in [6.45, 7) is 2.38. The molecule has 0 unspecified atom stereocenters. The Hall–Kier alpha value is -1.82. The highest BCUT2D eigenvalue weighted by Crippen LogP contribution is 2.37. The number of halogens is 3. The van der Waals surface area contributed by atoms with Gasteiger partial charge < -0.3 is 9.42 Å². The number of nitrogens with zero attached hydrogens (tertiary/aromatic N) is 3. The van der Waals surface area contributed by atoms with Gasteiger partial charge in [-0.2, -0.15) is 13.2 Å². The number of nitrogens with one attached hydrogen (secondary N) is 1. The average molecular weight is 398 g/mol. The van der Waals surface area contributed by atoms with Gasteiger partial charge in [-0.1, -0.05) is 19.0 Å². The molecule has 2 rings (SSSR count). The van der Waals surface area contributed by atoms with Crippen LogP contribution in [0.1, 0.15) is 25.5 Å². The minimum atomic E-state index is -4.75. The number of anilines is 1. The highest BCUT2D eigenvalue weighted by molar-refractivity contribution is 7.89. The summed E-state index contributed by atoms with van der Waals surface area (Å²) in [6, 6.07) is 0.604. The van der Waals surface area contributed by atoms with Crippen LogP contribution in [-0.2, 0) is 10.0 Å². The molecule has 26 heavy (non-hydrogen) atoms. The molecule has 148 valence electrons. The van der Waals surface area contributed by atoms with Gasteiger partial charge in [0, 0.05) is 39.2 Å². The van der Waals surface area contributed by atoms with E-state index in [1.807, 2.05) is 13.8 Å². The van der Waals surface area contributed by atoms with E-state index in [1.165, 1.54) is 6.07 Å². The monoisotopic (exact) mass is 398 g/mol. The number of sulfonamides is 1. The van der Waals surface area contributed by atoms with Crippen molar-refractivity contribution in [1.29, 1.82) is 0 Å². The molecule has 2 amide bonds. The SMILES string of the molecule is CC(C)c1cc(NC(=O)N2C[C@@H](C(F)(F)F)[C@H](S(=O)(=O)N(C)C)C2)no1. The van der Waals surface area contributed by atoms with Crippen LogP contribution >= 0.6 is 0 Å². The molecule has 0 radical (unpaired) electrons. The predicted molar refractivity (Wildman–Crippen MR) is 87.1 cm³/mol. The number of rotatable bonds is 4. The van der Waals surface area contributed by atoms with Crippen LogP contribution < -0.4 is 5.32 Å². The van der Waals surface area contributed by atoms with Crippen LogP contribution in [0.15, 0.2) is 10.6 Å². The lowest BCUT2D eigenvalue weighted by Gasteiger charge is -2.23. The maximum absolute atomic E-state index is 13.3. The number of aromatic nitrogens is 1.